The van der Waals surface area contributed by atoms with Crippen LogP contribution in [0.1, 0.15) is 12.0 Å². The Morgan fingerprint density at radius 2 is 2.24 bits per heavy atom. The Morgan fingerprint density at radius 1 is 1.38 bits per heavy atom. The third-order valence-electron chi connectivity index (χ3n) is 4.26. The first-order valence-corrected chi connectivity index (χ1v) is 7.52. The van der Waals surface area contributed by atoms with Crippen molar-refractivity contribution in [3.05, 3.63) is 42.1 Å². The molecule has 0 saturated carbocycles. The van der Waals surface area contributed by atoms with E-state index in [-0.39, 0.29) is 5.91 Å². The zero-order valence-electron chi connectivity index (χ0n) is 12.4. The van der Waals surface area contributed by atoms with Crippen molar-refractivity contribution in [3.63, 3.8) is 0 Å². The van der Waals surface area contributed by atoms with Gasteiger partial charge in [0.2, 0.25) is 5.91 Å². The summed E-state index contributed by atoms with van der Waals surface area (Å²) in [6, 6.07) is 10.4. The van der Waals surface area contributed by atoms with Crippen molar-refractivity contribution in [2.75, 3.05) is 26.7 Å². The number of aromatic nitrogens is 1. The number of likely N-dealkylation sites (tertiary alicyclic amines) is 1. The number of hydrogen-bond donors (Lipinski definition) is 1. The van der Waals surface area contributed by atoms with Crippen LogP contribution in [0.15, 0.2) is 36.5 Å². The zero-order valence-corrected chi connectivity index (χ0v) is 12.4. The average Bonchev–Trinajstić information content (AvgIpc) is 2.94. The van der Waals surface area contributed by atoms with E-state index in [4.69, 9.17) is 0 Å². The maximum absolute atomic E-state index is 11.4. The van der Waals surface area contributed by atoms with Crippen LogP contribution in [0.25, 0.3) is 10.9 Å². The number of carbonyl (C=O) groups excluding carboxylic acids is 1. The summed E-state index contributed by atoms with van der Waals surface area (Å²) in [4.78, 5) is 18.1. The van der Waals surface area contributed by atoms with Crippen molar-refractivity contribution < 1.29 is 4.79 Å². The number of para-hydroxylation sites is 1. The Balaban J connectivity index is 1.68. The van der Waals surface area contributed by atoms with Crippen molar-refractivity contribution in [3.8, 4) is 0 Å². The highest BCUT2D eigenvalue weighted by Gasteiger charge is 2.24. The van der Waals surface area contributed by atoms with Gasteiger partial charge in [-0.15, -0.1) is 0 Å². The van der Waals surface area contributed by atoms with Gasteiger partial charge >= 0.3 is 0 Å². The molecular formula is C17H21N3O. The zero-order chi connectivity index (χ0) is 14.7. The molecule has 2 aromatic rings. The highest BCUT2D eigenvalue weighted by Crippen LogP contribution is 2.24. The smallest absolute Gasteiger partial charge is 0.233 e. The van der Waals surface area contributed by atoms with Crippen LogP contribution in [-0.4, -0.2) is 42.5 Å². The van der Waals surface area contributed by atoms with E-state index in [0.29, 0.717) is 12.5 Å². The van der Waals surface area contributed by atoms with Gasteiger partial charge < -0.3 is 5.32 Å². The molecule has 1 amide bonds. The van der Waals surface area contributed by atoms with Crippen LogP contribution in [0.5, 0.6) is 0 Å². The van der Waals surface area contributed by atoms with Crippen molar-refractivity contribution in [1.29, 1.82) is 0 Å². The second-order valence-electron chi connectivity index (χ2n) is 5.75. The molecule has 1 fully saturated rings. The minimum atomic E-state index is 0.102. The quantitative estimate of drug-likeness (QED) is 0.931. The minimum absolute atomic E-state index is 0.102. The molecule has 0 bridgehead atoms. The predicted molar refractivity (Wildman–Crippen MR) is 84.1 cm³/mol. The molecule has 0 aliphatic carbocycles. The standard InChI is InChI=1S/C17H21N3O/c1-18-17(21)12-20-9-7-13(11-20)10-14-6-8-19-16-5-3-2-4-15(14)16/h2-6,8,13H,7,9-12H2,1H3,(H,18,21). The molecule has 1 atom stereocenters. The van der Waals surface area contributed by atoms with Crippen LogP contribution < -0.4 is 5.32 Å². The lowest BCUT2D eigenvalue weighted by Crippen LogP contribution is -2.34. The molecule has 21 heavy (non-hydrogen) atoms. The molecule has 1 aromatic carbocycles. The number of rotatable bonds is 4. The van der Waals surface area contributed by atoms with Crippen LogP contribution in [0, 0.1) is 5.92 Å². The number of amides is 1. The number of fused-ring (bicyclic) bond motifs is 1. The average molecular weight is 283 g/mol. The maximum Gasteiger partial charge on any atom is 0.233 e. The van der Waals surface area contributed by atoms with E-state index in [1.807, 2.05) is 12.3 Å². The SMILES string of the molecule is CNC(=O)CN1CCC(Cc2ccnc3ccccc23)C1. The Labute approximate surface area is 125 Å². The number of benzene rings is 1. The van der Waals surface area contributed by atoms with E-state index in [1.165, 1.54) is 10.9 Å². The fourth-order valence-corrected chi connectivity index (χ4v) is 3.15. The maximum atomic E-state index is 11.4. The van der Waals surface area contributed by atoms with Crippen molar-refractivity contribution >= 4 is 16.8 Å². The summed E-state index contributed by atoms with van der Waals surface area (Å²) in [5, 5.41) is 3.95. The third kappa shape index (κ3) is 3.22. The minimum Gasteiger partial charge on any atom is -0.358 e. The van der Waals surface area contributed by atoms with Crippen LogP contribution >= 0.6 is 0 Å². The first-order chi connectivity index (χ1) is 10.3. The molecule has 1 aromatic heterocycles. The molecule has 2 heterocycles. The highest BCUT2D eigenvalue weighted by molar-refractivity contribution is 5.81. The summed E-state index contributed by atoms with van der Waals surface area (Å²) in [6.45, 7) is 2.54. The topological polar surface area (TPSA) is 45.2 Å². The Morgan fingerprint density at radius 3 is 3.10 bits per heavy atom. The van der Waals surface area contributed by atoms with E-state index in [2.05, 4.69) is 39.5 Å². The van der Waals surface area contributed by atoms with Gasteiger partial charge in [-0.2, -0.15) is 0 Å². The Hall–Kier alpha value is -1.94. The van der Waals surface area contributed by atoms with Gasteiger partial charge in [0.25, 0.3) is 0 Å². The van der Waals surface area contributed by atoms with Crippen LogP contribution in [0.3, 0.4) is 0 Å². The summed E-state index contributed by atoms with van der Waals surface area (Å²) < 4.78 is 0. The molecule has 0 radical (unpaired) electrons. The largest absolute Gasteiger partial charge is 0.358 e. The number of hydrogen-bond acceptors (Lipinski definition) is 3. The second kappa shape index (κ2) is 6.22. The highest BCUT2D eigenvalue weighted by atomic mass is 16.1. The monoisotopic (exact) mass is 283 g/mol. The Bertz CT molecular complexity index is 635. The van der Waals surface area contributed by atoms with E-state index in [9.17, 15) is 4.79 Å². The summed E-state index contributed by atoms with van der Waals surface area (Å²) in [6.07, 6.45) is 4.12. The van der Waals surface area contributed by atoms with E-state index < -0.39 is 0 Å². The molecule has 3 rings (SSSR count). The number of pyridine rings is 1. The fraction of sp³-hybridized carbons (Fsp3) is 0.412. The lowest BCUT2D eigenvalue weighted by atomic mass is 9.96. The van der Waals surface area contributed by atoms with Crippen LogP contribution in [0.4, 0.5) is 0 Å². The van der Waals surface area contributed by atoms with Gasteiger partial charge in [0.1, 0.15) is 0 Å². The lowest BCUT2D eigenvalue weighted by molar-refractivity contribution is -0.121. The second-order valence-corrected chi connectivity index (χ2v) is 5.75. The number of nitrogens with one attached hydrogen (secondary N) is 1. The molecule has 110 valence electrons. The van der Waals surface area contributed by atoms with E-state index >= 15 is 0 Å². The summed E-state index contributed by atoms with van der Waals surface area (Å²) in [7, 11) is 1.69. The fourth-order valence-electron chi connectivity index (χ4n) is 3.15. The molecule has 1 N–H and O–H groups in total. The summed E-state index contributed by atoms with van der Waals surface area (Å²) in [5.41, 5.74) is 2.43. The van der Waals surface area contributed by atoms with Gasteiger partial charge in [-0.1, -0.05) is 18.2 Å². The van der Waals surface area contributed by atoms with Crippen molar-refractivity contribution in [2.45, 2.75) is 12.8 Å². The summed E-state index contributed by atoms with van der Waals surface area (Å²) in [5.74, 6) is 0.727. The molecule has 1 aliphatic heterocycles. The predicted octanol–water partition coefficient (Wildman–Crippen LogP) is 1.85. The van der Waals surface area contributed by atoms with E-state index in [1.54, 1.807) is 7.05 Å². The number of carbonyl (C=O) groups is 1. The summed E-state index contributed by atoms with van der Waals surface area (Å²) >= 11 is 0. The molecule has 4 heteroatoms. The molecule has 0 spiro atoms. The third-order valence-corrected chi connectivity index (χ3v) is 4.26. The lowest BCUT2D eigenvalue weighted by Gasteiger charge is -2.15. The van der Waals surface area contributed by atoms with Gasteiger partial charge in [-0.25, -0.2) is 0 Å². The van der Waals surface area contributed by atoms with Gasteiger partial charge in [0, 0.05) is 25.2 Å². The number of likely N-dealkylation sites (N-methyl/N-ethyl adjacent to an activating group) is 1. The molecule has 1 unspecified atom stereocenters. The normalized spacial score (nSPS) is 19.0. The molecule has 4 nitrogen and oxygen atoms in total. The van der Waals surface area contributed by atoms with Gasteiger partial charge in [-0.05, 0) is 43.0 Å². The molecule has 1 saturated heterocycles. The Kier molecular flexibility index (Phi) is 4.15. The molecule has 1 aliphatic rings. The number of nitrogens with zero attached hydrogens (tertiary/aromatic N) is 2. The first kappa shape index (κ1) is 14.0. The van der Waals surface area contributed by atoms with Crippen molar-refractivity contribution in [1.82, 2.24) is 15.2 Å². The molecular weight excluding hydrogens is 262 g/mol. The first-order valence-electron chi connectivity index (χ1n) is 7.52. The van der Waals surface area contributed by atoms with Gasteiger partial charge in [0.05, 0.1) is 12.1 Å². The van der Waals surface area contributed by atoms with Crippen LogP contribution in [-0.2, 0) is 11.2 Å². The van der Waals surface area contributed by atoms with Gasteiger partial charge in [0.15, 0.2) is 0 Å². The van der Waals surface area contributed by atoms with Gasteiger partial charge in [-0.3, -0.25) is 14.7 Å². The van der Waals surface area contributed by atoms with Crippen LogP contribution in [0.2, 0.25) is 0 Å². The van der Waals surface area contributed by atoms with E-state index in [0.717, 1.165) is 31.4 Å². The van der Waals surface area contributed by atoms with Crippen molar-refractivity contribution in [2.24, 2.45) is 5.92 Å².